The van der Waals surface area contributed by atoms with Gasteiger partial charge in [-0.15, -0.1) is 0 Å². The summed E-state index contributed by atoms with van der Waals surface area (Å²) in [5.74, 6) is 0. The van der Waals surface area contributed by atoms with Crippen LogP contribution in [-0.2, 0) is 0 Å². The van der Waals surface area contributed by atoms with Crippen molar-refractivity contribution in [2.45, 2.75) is 0 Å². The molecule has 70 valence electrons. The summed E-state index contributed by atoms with van der Waals surface area (Å²) in [7, 11) is 0. The normalized spacial score (nSPS) is 10.3. The molecule has 2 aromatic rings. The van der Waals surface area contributed by atoms with Crippen LogP contribution in [0.4, 0.5) is 0 Å². The topological polar surface area (TPSA) is 56.2 Å². The third kappa shape index (κ3) is 1.29. The van der Waals surface area contributed by atoms with Gasteiger partial charge in [0.15, 0.2) is 0 Å². The molecule has 0 amide bonds. The quantitative estimate of drug-likeness (QED) is 0.715. The summed E-state index contributed by atoms with van der Waals surface area (Å²) in [6.45, 7) is 0. The molecule has 0 bridgehead atoms. The molecule has 0 saturated carbocycles. The van der Waals surface area contributed by atoms with E-state index in [1.807, 2.05) is 0 Å². The van der Waals surface area contributed by atoms with Crippen molar-refractivity contribution in [1.82, 2.24) is 0 Å². The van der Waals surface area contributed by atoms with Gasteiger partial charge in [-0.1, -0.05) is 24.4 Å². The Hall–Kier alpha value is -1.68. The fourth-order valence-electron chi connectivity index (χ4n) is 1.25. The molecule has 1 aromatic carbocycles. The van der Waals surface area contributed by atoms with Crippen molar-refractivity contribution in [3.05, 3.63) is 46.3 Å². The molecule has 0 atom stereocenters. The highest BCUT2D eigenvalue weighted by atomic mass is 32.1. The highest BCUT2D eigenvalue weighted by Gasteiger charge is 2.07. The zero-order valence-corrected chi connectivity index (χ0v) is 8.01. The average Bonchev–Trinajstić information content (AvgIpc) is 2.18. The fourth-order valence-corrected chi connectivity index (χ4v) is 1.39. The summed E-state index contributed by atoms with van der Waals surface area (Å²) in [4.78, 5) is 11.8. The Morgan fingerprint density at radius 2 is 2.07 bits per heavy atom. The van der Waals surface area contributed by atoms with E-state index in [4.69, 9.17) is 22.4 Å². The Morgan fingerprint density at radius 1 is 1.36 bits per heavy atom. The molecule has 0 spiro atoms. The van der Waals surface area contributed by atoms with Gasteiger partial charge in [0.05, 0.1) is 10.9 Å². The van der Waals surface area contributed by atoms with Crippen LogP contribution in [0.3, 0.4) is 0 Å². The Balaban J connectivity index is 2.89. The van der Waals surface area contributed by atoms with Crippen LogP contribution < -0.4 is 11.2 Å². The Kier molecular flexibility index (Phi) is 2.05. The van der Waals surface area contributed by atoms with E-state index in [-0.39, 0.29) is 16.0 Å². The summed E-state index contributed by atoms with van der Waals surface area (Å²) >= 11 is 4.73. The van der Waals surface area contributed by atoms with Crippen LogP contribution in [0.25, 0.3) is 11.0 Å². The van der Waals surface area contributed by atoms with Crippen LogP contribution >= 0.6 is 12.2 Å². The Bertz CT molecular complexity index is 559. The number of hydrogen-bond acceptors (Lipinski definition) is 3. The maximum atomic E-state index is 11.7. The standard InChI is InChI=1S/C10H7NO2S/c11-10(14)7-5-13-8-4-2-1-3-6(8)9(7)12/h1-5H,(H2,11,14). The molecule has 1 heterocycles. The number of thiocarbonyl (C=S) groups is 1. The third-order valence-electron chi connectivity index (χ3n) is 1.95. The lowest BCUT2D eigenvalue weighted by atomic mass is 10.2. The molecule has 0 fully saturated rings. The summed E-state index contributed by atoms with van der Waals surface area (Å²) in [5.41, 5.74) is 5.98. The fraction of sp³-hybridized carbons (Fsp3) is 0. The zero-order valence-electron chi connectivity index (χ0n) is 7.19. The molecule has 2 rings (SSSR count). The molecule has 0 radical (unpaired) electrons. The summed E-state index contributed by atoms with van der Waals surface area (Å²) in [5, 5.41) is 0.498. The summed E-state index contributed by atoms with van der Waals surface area (Å²) in [6.07, 6.45) is 1.30. The highest BCUT2D eigenvalue weighted by Crippen LogP contribution is 2.09. The molecule has 3 nitrogen and oxygen atoms in total. The smallest absolute Gasteiger partial charge is 0.202 e. The van der Waals surface area contributed by atoms with Crippen LogP contribution in [-0.4, -0.2) is 4.99 Å². The maximum absolute atomic E-state index is 11.7. The minimum atomic E-state index is -0.181. The first kappa shape index (κ1) is 8.90. The number of rotatable bonds is 1. The predicted molar refractivity (Wildman–Crippen MR) is 58.4 cm³/mol. The molecule has 4 heteroatoms. The highest BCUT2D eigenvalue weighted by molar-refractivity contribution is 7.80. The number of benzene rings is 1. The minimum Gasteiger partial charge on any atom is -0.463 e. The molecule has 0 aliphatic carbocycles. The predicted octanol–water partition coefficient (Wildman–Crippen LogP) is 1.43. The first-order valence-corrected chi connectivity index (χ1v) is 4.41. The average molecular weight is 205 g/mol. The summed E-state index contributed by atoms with van der Waals surface area (Å²) in [6, 6.07) is 6.97. The second kappa shape index (κ2) is 3.23. The molecule has 14 heavy (non-hydrogen) atoms. The van der Waals surface area contributed by atoms with Crippen LogP contribution in [0.2, 0.25) is 0 Å². The Labute approximate surface area is 85.1 Å². The van der Waals surface area contributed by atoms with Gasteiger partial charge in [0, 0.05) is 0 Å². The van der Waals surface area contributed by atoms with E-state index in [2.05, 4.69) is 0 Å². The molecular formula is C10H7NO2S. The van der Waals surface area contributed by atoms with E-state index in [1.165, 1.54) is 6.26 Å². The summed E-state index contributed by atoms with van der Waals surface area (Å²) < 4.78 is 5.22. The van der Waals surface area contributed by atoms with Crippen molar-refractivity contribution in [2.75, 3.05) is 0 Å². The maximum Gasteiger partial charge on any atom is 0.202 e. The van der Waals surface area contributed by atoms with E-state index in [9.17, 15) is 4.79 Å². The molecule has 0 aliphatic rings. The molecule has 0 unspecified atom stereocenters. The molecule has 2 N–H and O–H groups in total. The van der Waals surface area contributed by atoms with E-state index >= 15 is 0 Å². The molecule has 0 aliphatic heterocycles. The number of fused-ring (bicyclic) bond motifs is 1. The van der Waals surface area contributed by atoms with Crippen LogP contribution in [0.1, 0.15) is 5.56 Å². The van der Waals surface area contributed by atoms with E-state index in [1.54, 1.807) is 24.3 Å². The lowest BCUT2D eigenvalue weighted by Crippen LogP contribution is -2.20. The first-order chi connectivity index (χ1) is 6.70. The van der Waals surface area contributed by atoms with Gasteiger partial charge >= 0.3 is 0 Å². The monoisotopic (exact) mass is 205 g/mol. The second-order valence-corrected chi connectivity index (χ2v) is 3.28. The van der Waals surface area contributed by atoms with Gasteiger partial charge in [-0.05, 0) is 12.1 Å². The first-order valence-electron chi connectivity index (χ1n) is 4.00. The lowest BCUT2D eigenvalue weighted by Gasteiger charge is -1.98. The van der Waals surface area contributed by atoms with Crippen molar-refractivity contribution >= 4 is 28.2 Å². The SMILES string of the molecule is NC(=S)c1coc2ccccc2c1=O. The van der Waals surface area contributed by atoms with Gasteiger partial charge in [-0.2, -0.15) is 0 Å². The molecule has 0 saturated heterocycles. The van der Waals surface area contributed by atoms with Gasteiger partial charge < -0.3 is 10.2 Å². The zero-order chi connectivity index (χ0) is 10.1. The van der Waals surface area contributed by atoms with Gasteiger partial charge in [0.2, 0.25) is 5.43 Å². The van der Waals surface area contributed by atoms with Crippen molar-refractivity contribution < 1.29 is 4.42 Å². The van der Waals surface area contributed by atoms with E-state index in [0.717, 1.165) is 0 Å². The van der Waals surface area contributed by atoms with Crippen LogP contribution in [0.15, 0.2) is 39.7 Å². The number of nitrogens with two attached hydrogens (primary N) is 1. The molecular weight excluding hydrogens is 198 g/mol. The van der Waals surface area contributed by atoms with Gasteiger partial charge in [-0.3, -0.25) is 4.79 Å². The van der Waals surface area contributed by atoms with Crippen molar-refractivity contribution in [2.24, 2.45) is 5.73 Å². The second-order valence-electron chi connectivity index (χ2n) is 2.84. The third-order valence-corrected chi connectivity index (χ3v) is 2.17. The number of para-hydroxylation sites is 1. The number of hydrogen-bond donors (Lipinski definition) is 1. The van der Waals surface area contributed by atoms with Crippen LogP contribution in [0.5, 0.6) is 0 Å². The van der Waals surface area contributed by atoms with Crippen molar-refractivity contribution in [1.29, 1.82) is 0 Å². The van der Waals surface area contributed by atoms with Crippen molar-refractivity contribution in [3.63, 3.8) is 0 Å². The van der Waals surface area contributed by atoms with E-state index in [0.29, 0.717) is 11.0 Å². The van der Waals surface area contributed by atoms with Gasteiger partial charge in [0.25, 0.3) is 0 Å². The lowest BCUT2D eigenvalue weighted by molar-refractivity contribution is 0.601. The van der Waals surface area contributed by atoms with Gasteiger partial charge in [-0.25, -0.2) is 0 Å². The van der Waals surface area contributed by atoms with Crippen molar-refractivity contribution in [3.8, 4) is 0 Å². The molecule has 1 aromatic heterocycles. The van der Waals surface area contributed by atoms with E-state index < -0.39 is 0 Å². The van der Waals surface area contributed by atoms with Crippen LogP contribution in [0, 0.1) is 0 Å². The minimum absolute atomic E-state index is 0.0597. The Morgan fingerprint density at radius 3 is 2.79 bits per heavy atom. The largest absolute Gasteiger partial charge is 0.463 e. The van der Waals surface area contributed by atoms with Gasteiger partial charge in [0.1, 0.15) is 16.8 Å².